The fourth-order valence-corrected chi connectivity index (χ4v) is 2.44. The predicted molar refractivity (Wildman–Crippen MR) is 104 cm³/mol. The van der Waals surface area contributed by atoms with Gasteiger partial charge in [-0.1, -0.05) is 55.7 Å². The molecule has 0 radical (unpaired) electrons. The third kappa shape index (κ3) is 5.57. The topological polar surface area (TPSA) is 72.8 Å². The maximum Gasteiger partial charge on any atom is 0.344 e. The Morgan fingerprint density at radius 2 is 1.78 bits per heavy atom. The summed E-state index contributed by atoms with van der Waals surface area (Å²) in [6.45, 7) is 8.46. The second kappa shape index (κ2) is 9.38. The van der Waals surface area contributed by atoms with E-state index in [1.54, 1.807) is 49.4 Å². The minimum atomic E-state index is -0.638. The first-order valence-corrected chi connectivity index (χ1v) is 8.43. The molecule has 0 saturated carbocycles. The lowest BCUT2D eigenvalue weighted by atomic mass is 9.98. The van der Waals surface area contributed by atoms with Gasteiger partial charge in [-0.25, -0.2) is 4.79 Å². The van der Waals surface area contributed by atoms with Crippen LogP contribution in [0.4, 0.5) is 0 Å². The number of hydrogen-bond donors (Lipinski definition) is 1. The van der Waals surface area contributed by atoms with Crippen LogP contribution in [0.1, 0.15) is 18.4 Å². The highest BCUT2D eigenvalue weighted by atomic mass is 16.6. The van der Waals surface area contributed by atoms with Crippen LogP contribution in [0.3, 0.4) is 0 Å². The van der Waals surface area contributed by atoms with Gasteiger partial charge in [0.25, 0.3) is 0 Å². The summed E-state index contributed by atoms with van der Waals surface area (Å²) in [7, 11) is 0. The molecule has 1 N–H and O–H groups in total. The van der Waals surface area contributed by atoms with Gasteiger partial charge in [-0.15, -0.1) is 0 Å². The number of carbonyl (C=O) groups excluding carboxylic acids is 2. The number of rotatable bonds is 8. The number of allylic oxidation sites excluding steroid dienone is 2. The SMILES string of the molecule is C=C/C=C(\C=C)COC(=O)COC(=O)C(C)c1ccc2cc(O)ccc2c1. The minimum Gasteiger partial charge on any atom is -0.508 e. The quantitative estimate of drug-likeness (QED) is 0.564. The second-order valence-electron chi connectivity index (χ2n) is 5.96. The minimum absolute atomic E-state index is 0.0407. The molecule has 0 amide bonds. The maximum atomic E-state index is 12.2. The number of esters is 2. The fraction of sp³-hybridized carbons (Fsp3) is 0.182. The molecule has 5 nitrogen and oxygen atoms in total. The number of phenols is 1. The van der Waals surface area contributed by atoms with Gasteiger partial charge in [0.1, 0.15) is 12.4 Å². The molecule has 0 aliphatic carbocycles. The smallest absolute Gasteiger partial charge is 0.344 e. The molecule has 0 aromatic heterocycles. The van der Waals surface area contributed by atoms with Crippen molar-refractivity contribution in [1.82, 2.24) is 0 Å². The van der Waals surface area contributed by atoms with Crippen LogP contribution in [0, 0.1) is 0 Å². The molecule has 5 heteroatoms. The molecule has 0 saturated heterocycles. The summed E-state index contributed by atoms with van der Waals surface area (Å²) in [5, 5.41) is 11.3. The molecular weight excluding hydrogens is 344 g/mol. The van der Waals surface area contributed by atoms with Crippen LogP contribution in [-0.4, -0.2) is 30.3 Å². The molecule has 0 spiro atoms. The zero-order valence-corrected chi connectivity index (χ0v) is 15.2. The third-order valence-electron chi connectivity index (χ3n) is 4.03. The van der Waals surface area contributed by atoms with Crippen molar-refractivity contribution in [3.63, 3.8) is 0 Å². The van der Waals surface area contributed by atoms with Crippen LogP contribution < -0.4 is 0 Å². The Morgan fingerprint density at radius 3 is 2.48 bits per heavy atom. The zero-order chi connectivity index (χ0) is 19.8. The van der Waals surface area contributed by atoms with Crippen molar-refractivity contribution < 1.29 is 24.2 Å². The first-order valence-electron chi connectivity index (χ1n) is 8.43. The van der Waals surface area contributed by atoms with E-state index in [0.717, 1.165) is 16.3 Å². The van der Waals surface area contributed by atoms with Gasteiger partial charge in [-0.3, -0.25) is 4.79 Å². The maximum absolute atomic E-state index is 12.2. The van der Waals surface area contributed by atoms with Crippen LogP contribution in [0.15, 0.2) is 73.4 Å². The van der Waals surface area contributed by atoms with Crippen LogP contribution in [-0.2, 0) is 19.1 Å². The van der Waals surface area contributed by atoms with Gasteiger partial charge in [-0.2, -0.15) is 0 Å². The molecular formula is C22H22O5. The zero-order valence-electron chi connectivity index (χ0n) is 15.2. The van der Waals surface area contributed by atoms with Crippen molar-refractivity contribution in [2.75, 3.05) is 13.2 Å². The molecule has 0 aliphatic rings. The Balaban J connectivity index is 1.92. The van der Waals surface area contributed by atoms with E-state index < -0.39 is 24.5 Å². The standard InChI is InChI=1S/C22H22O5/c1-4-6-16(5-2)13-26-21(24)14-27-22(25)15(3)17-7-8-19-12-20(23)10-9-18(19)11-17/h4-12,15,23H,1-2,13-14H2,3H3/b16-6+. The summed E-state index contributed by atoms with van der Waals surface area (Å²) >= 11 is 0. The number of aromatic hydroxyl groups is 1. The normalized spacial score (nSPS) is 12.3. The second-order valence-corrected chi connectivity index (χ2v) is 5.96. The Morgan fingerprint density at radius 1 is 1.07 bits per heavy atom. The lowest BCUT2D eigenvalue weighted by molar-refractivity contribution is -0.158. The molecule has 27 heavy (non-hydrogen) atoms. The number of hydrogen-bond acceptors (Lipinski definition) is 5. The van der Waals surface area contributed by atoms with Gasteiger partial charge in [0.15, 0.2) is 6.61 Å². The first kappa shape index (κ1) is 20.0. The number of fused-ring (bicyclic) bond motifs is 1. The molecule has 2 rings (SSSR count). The van der Waals surface area contributed by atoms with E-state index in [4.69, 9.17) is 9.47 Å². The summed E-state index contributed by atoms with van der Waals surface area (Å²) in [5.74, 6) is -1.51. The van der Waals surface area contributed by atoms with Crippen LogP contribution in [0.2, 0.25) is 0 Å². The van der Waals surface area contributed by atoms with Crippen molar-refractivity contribution in [2.24, 2.45) is 0 Å². The monoisotopic (exact) mass is 366 g/mol. The summed E-state index contributed by atoms with van der Waals surface area (Å²) in [5.41, 5.74) is 1.45. The van der Waals surface area contributed by atoms with E-state index in [-0.39, 0.29) is 12.4 Å². The number of carbonyl (C=O) groups is 2. The Bertz CT molecular complexity index is 895. The molecule has 0 bridgehead atoms. The first-order chi connectivity index (χ1) is 12.9. The molecule has 0 fully saturated rings. The number of ether oxygens (including phenoxy) is 2. The molecule has 2 aromatic rings. The van der Waals surface area contributed by atoms with E-state index >= 15 is 0 Å². The van der Waals surface area contributed by atoms with Crippen LogP contribution >= 0.6 is 0 Å². The highest BCUT2D eigenvalue weighted by Crippen LogP contribution is 2.25. The van der Waals surface area contributed by atoms with Crippen molar-refractivity contribution >= 4 is 22.7 Å². The number of phenolic OH excluding ortho intramolecular Hbond substituents is 1. The highest BCUT2D eigenvalue weighted by molar-refractivity contribution is 5.87. The summed E-state index contributed by atoms with van der Waals surface area (Å²) in [4.78, 5) is 24.0. The van der Waals surface area contributed by atoms with E-state index in [1.807, 2.05) is 12.1 Å². The van der Waals surface area contributed by atoms with E-state index in [9.17, 15) is 14.7 Å². The highest BCUT2D eigenvalue weighted by Gasteiger charge is 2.19. The summed E-state index contributed by atoms with van der Waals surface area (Å²) in [6, 6.07) is 10.5. The largest absolute Gasteiger partial charge is 0.508 e. The van der Waals surface area contributed by atoms with Gasteiger partial charge in [-0.05, 0) is 41.0 Å². The van der Waals surface area contributed by atoms with Gasteiger partial charge in [0.05, 0.1) is 5.92 Å². The molecule has 0 aliphatic heterocycles. The van der Waals surface area contributed by atoms with Crippen LogP contribution in [0.25, 0.3) is 10.8 Å². The lowest BCUT2D eigenvalue weighted by Crippen LogP contribution is -2.20. The molecule has 140 valence electrons. The molecule has 0 heterocycles. The molecule has 1 unspecified atom stereocenters. The Hall–Kier alpha value is -3.34. The van der Waals surface area contributed by atoms with Crippen LogP contribution in [0.5, 0.6) is 5.75 Å². The van der Waals surface area contributed by atoms with E-state index in [0.29, 0.717) is 5.57 Å². The Kier molecular flexibility index (Phi) is 6.94. The molecule has 1 atom stereocenters. The summed E-state index contributed by atoms with van der Waals surface area (Å²) in [6.07, 6.45) is 4.80. The third-order valence-corrected chi connectivity index (χ3v) is 4.03. The van der Waals surface area contributed by atoms with E-state index in [2.05, 4.69) is 13.2 Å². The fourth-order valence-electron chi connectivity index (χ4n) is 2.44. The number of benzene rings is 2. The van der Waals surface area contributed by atoms with Crippen molar-refractivity contribution in [1.29, 1.82) is 0 Å². The average Bonchev–Trinajstić information content (AvgIpc) is 2.68. The lowest BCUT2D eigenvalue weighted by Gasteiger charge is -2.13. The van der Waals surface area contributed by atoms with Gasteiger partial charge >= 0.3 is 11.9 Å². The average molecular weight is 366 g/mol. The van der Waals surface area contributed by atoms with E-state index in [1.165, 1.54) is 0 Å². The summed E-state index contributed by atoms with van der Waals surface area (Å²) < 4.78 is 10.1. The van der Waals surface area contributed by atoms with Crippen molar-refractivity contribution in [3.8, 4) is 5.75 Å². The van der Waals surface area contributed by atoms with Gasteiger partial charge in [0.2, 0.25) is 0 Å². The predicted octanol–water partition coefficient (Wildman–Crippen LogP) is 4.03. The van der Waals surface area contributed by atoms with Gasteiger partial charge < -0.3 is 14.6 Å². The van der Waals surface area contributed by atoms with Crippen molar-refractivity contribution in [2.45, 2.75) is 12.8 Å². The van der Waals surface area contributed by atoms with Gasteiger partial charge in [0, 0.05) is 0 Å². The van der Waals surface area contributed by atoms with Crippen molar-refractivity contribution in [3.05, 3.63) is 78.9 Å². The molecule has 2 aromatic carbocycles. The Labute approximate surface area is 158 Å².